The summed E-state index contributed by atoms with van der Waals surface area (Å²) in [5.74, 6) is -0.810. The summed E-state index contributed by atoms with van der Waals surface area (Å²) in [6.45, 7) is 4.39. The van der Waals surface area contributed by atoms with Gasteiger partial charge in [-0.05, 0) is 64.2 Å². The molecule has 2 atom stereocenters. The fourth-order valence-electron chi connectivity index (χ4n) is 5.94. The predicted octanol–water partition coefficient (Wildman–Crippen LogP) is 12.4. The molecule has 1 unspecified atom stereocenters. The maximum absolute atomic E-state index is 12.7. The van der Waals surface area contributed by atoms with Crippen LogP contribution in [0.3, 0.4) is 0 Å². The van der Waals surface area contributed by atoms with Crippen LogP contribution in [0.1, 0.15) is 194 Å². The van der Waals surface area contributed by atoms with Gasteiger partial charge >= 0.3 is 19.8 Å². The molecule has 0 fully saturated rings. The fourth-order valence-corrected chi connectivity index (χ4v) is 6.69. The number of esters is 2. The van der Waals surface area contributed by atoms with Crippen molar-refractivity contribution in [2.24, 2.45) is 0 Å². The zero-order chi connectivity index (χ0) is 40.0. The fraction of sp³-hybridized carbons (Fsp3) is 0.864. The first-order chi connectivity index (χ1) is 26.0. The lowest BCUT2D eigenvalue weighted by Gasteiger charge is -2.24. The van der Waals surface area contributed by atoms with E-state index < -0.39 is 26.5 Å². The van der Waals surface area contributed by atoms with Crippen LogP contribution in [0.15, 0.2) is 24.3 Å². The van der Waals surface area contributed by atoms with E-state index in [2.05, 4.69) is 38.2 Å². The van der Waals surface area contributed by atoms with Crippen molar-refractivity contribution in [3.05, 3.63) is 24.3 Å². The Morgan fingerprint density at radius 1 is 0.556 bits per heavy atom. The summed E-state index contributed by atoms with van der Waals surface area (Å²) in [5, 5.41) is 0. The van der Waals surface area contributed by atoms with Gasteiger partial charge in [0.25, 0.3) is 0 Å². The Bertz CT molecular complexity index is 980. The highest BCUT2D eigenvalue weighted by Crippen LogP contribution is 2.43. The van der Waals surface area contributed by atoms with E-state index in [4.69, 9.17) is 18.5 Å². The van der Waals surface area contributed by atoms with E-state index in [0.717, 1.165) is 51.4 Å². The molecule has 0 aliphatic rings. The number of phosphoric ester groups is 1. The predicted molar refractivity (Wildman–Crippen MR) is 224 cm³/mol. The summed E-state index contributed by atoms with van der Waals surface area (Å²) in [5.41, 5.74) is 0. The number of nitrogens with zero attached hydrogens (tertiary/aromatic N) is 1. The molecule has 0 aromatic rings. The Morgan fingerprint density at radius 2 is 0.944 bits per heavy atom. The van der Waals surface area contributed by atoms with Gasteiger partial charge in [0, 0.05) is 12.8 Å². The summed E-state index contributed by atoms with van der Waals surface area (Å²) >= 11 is 0. The zero-order valence-electron chi connectivity index (χ0n) is 35.7. The Kier molecular flexibility index (Phi) is 36.1. The molecule has 10 heteroatoms. The van der Waals surface area contributed by atoms with Crippen LogP contribution in [-0.2, 0) is 32.7 Å². The molecule has 0 spiro atoms. The maximum Gasteiger partial charge on any atom is 0.472 e. The number of hydrogen-bond acceptors (Lipinski definition) is 7. The van der Waals surface area contributed by atoms with Crippen molar-refractivity contribution < 1.29 is 42.1 Å². The molecule has 1 N–H and O–H groups in total. The van der Waals surface area contributed by atoms with Crippen molar-refractivity contribution in [2.75, 3.05) is 47.5 Å². The molecule has 9 nitrogen and oxygen atoms in total. The lowest BCUT2D eigenvalue weighted by Crippen LogP contribution is -2.37. The van der Waals surface area contributed by atoms with Gasteiger partial charge in [0.2, 0.25) is 0 Å². The Labute approximate surface area is 332 Å². The smallest absolute Gasteiger partial charge is 0.462 e. The molecular formula is C44H85NO8P+. The maximum atomic E-state index is 12.7. The van der Waals surface area contributed by atoms with Crippen LogP contribution in [0.2, 0.25) is 0 Å². The van der Waals surface area contributed by atoms with Crippen LogP contribution < -0.4 is 0 Å². The number of rotatable bonds is 40. The van der Waals surface area contributed by atoms with Crippen molar-refractivity contribution in [1.82, 2.24) is 0 Å². The minimum absolute atomic E-state index is 0.0305. The Hall–Kier alpha value is -1.51. The van der Waals surface area contributed by atoms with Gasteiger partial charge in [0.1, 0.15) is 19.8 Å². The van der Waals surface area contributed by atoms with E-state index in [9.17, 15) is 19.0 Å². The highest BCUT2D eigenvalue weighted by molar-refractivity contribution is 7.47. The SMILES string of the molecule is CCCCCC/C=C/CCCCCCCC(=O)O[C@H](COC(=O)CCCCCCCCC/C=C/CCCCCCCC)COP(=O)(O)OCC[N+](C)(C)C. The minimum atomic E-state index is -4.37. The summed E-state index contributed by atoms with van der Waals surface area (Å²) < 4.78 is 34.3. The summed E-state index contributed by atoms with van der Waals surface area (Å²) in [7, 11) is 1.47. The molecule has 0 amide bonds. The number of quaternary nitrogens is 1. The molecular weight excluding hydrogens is 701 g/mol. The highest BCUT2D eigenvalue weighted by atomic mass is 31.2. The highest BCUT2D eigenvalue weighted by Gasteiger charge is 2.27. The van der Waals surface area contributed by atoms with E-state index in [1.54, 1.807) is 0 Å². The molecule has 54 heavy (non-hydrogen) atoms. The van der Waals surface area contributed by atoms with Crippen LogP contribution >= 0.6 is 7.82 Å². The Balaban J connectivity index is 4.35. The van der Waals surface area contributed by atoms with E-state index >= 15 is 0 Å². The van der Waals surface area contributed by atoms with E-state index in [1.807, 2.05) is 21.1 Å². The molecule has 0 bridgehead atoms. The second-order valence-corrected chi connectivity index (χ2v) is 17.5. The molecule has 0 heterocycles. The topological polar surface area (TPSA) is 108 Å². The number of unbranched alkanes of at least 4 members (excludes halogenated alkanes) is 22. The normalized spacial score (nSPS) is 13.8. The third-order valence-corrected chi connectivity index (χ3v) is 10.4. The van der Waals surface area contributed by atoms with E-state index in [1.165, 1.54) is 109 Å². The van der Waals surface area contributed by atoms with Gasteiger partial charge in [0.15, 0.2) is 6.10 Å². The van der Waals surface area contributed by atoms with Gasteiger partial charge in [-0.25, -0.2) is 4.57 Å². The number of allylic oxidation sites excluding steroid dienone is 4. The molecule has 318 valence electrons. The van der Waals surface area contributed by atoms with Gasteiger partial charge in [-0.15, -0.1) is 0 Å². The molecule has 0 aliphatic carbocycles. The van der Waals surface area contributed by atoms with Crippen LogP contribution in [0.4, 0.5) is 0 Å². The number of carbonyl (C=O) groups is 2. The van der Waals surface area contributed by atoms with Crippen molar-refractivity contribution in [3.63, 3.8) is 0 Å². The molecule has 0 rings (SSSR count). The molecule has 0 aromatic heterocycles. The molecule has 0 saturated carbocycles. The summed E-state index contributed by atoms with van der Waals surface area (Å²) in [6, 6.07) is 0. The second kappa shape index (κ2) is 37.1. The van der Waals surface area contributed by atoms with Gasteiger partial charge < -0.3 is 18.9 Å². The quantitative estimate of drug-likeness (QED) is 0.0215. The zero-order valence-corrected chi connectivity index (χ0v) is 36.6. The molecule has 0 aromatic carbocycles. The standard InChI is InChI=1S/C44H84NO8P/c1-6-8-10-12-14-16-18-20-21-22-23-25-26-28-30-32-34-36-43(46)50-40-42(41-52-54(48,49)51-39-38-45(3,4)5)53-44(47)37-35-33-31-29-27-24-19-17-15-13-11-9-7-2/h17,19-21,42H,6-16,18,22-41H2,1-5H3/p+1/b19-17+,21-20+/t42-/m1/s1. The lowest BCUT2D eigenvalue weighted by molar-refractivity contribution is -0.870. The second-order valence-electron chi connectivity index (χ2n) is 16.1. The third-order valence-electron chi connectivity index (χ3n) is 9.45. The van der Waals surface area contributed by atoms with E-state index in [0.29, 0.717) is 17.4 Å². The number of likely N-dealkylation sites (N-methyl/N-ethyl adjacent to an activating group) is 1. The minimum Gasteiger partial charge on any atom is -0.462 e. The van der Waals surface area contributed by atoms with Crippen molar-refractivity contribution in [2.45, 2.75) is 200 Å². The number of phosphoric acid groups is 1. The average Bonchev–Trinajstić information content (AvgIpc) is 3.12. The van der Waals surface area contributed by atoms with Crippen molar-refractivity contribution in [3.8, 4) is 0 Å². The van der Waals surface area contributed by atoms with Gasteiger partial charge in [-0.2, -0.15) is 0 Å². The van der Waals surface area contributed by atoms with Crippen LogP contribution in [0.25, 0.3) is 0 Å². The number of hydrogen-bond donors (Lipinski definition) is 1. The van der Waals surface area contributed by atoms with Gasteiger partial charge in [-0.1, -0.05) is 141 Å². The van der Waals surface area contributed by atoms with Crippen molar-refractivity contribution >= 4 is 19.8 Å². The summed E-state index contributed by atoms with van der Waals surface area (Å²) in [6.07, 6.45) is 39.3. The third kappa shape index (κ3) is 40.2. The average molecular weight is 787 g/mol. The molecule has 0 radical (unpaired) electrons. The first-order valence-corrected chi connectivity index (χ1v) is 23.6. The van der Waals surface area contributed by atoms with Gasteiger partial charge in [-0.3, -0.25) is 18.6 Å². The van der Waals surface area contributed by atoms with Gasteiger partial charge in [0.05, 0.1) is 27.7 Å². The lowest BCUT2D eigenvalue weighted by atomic mass is 10.1. The first kappa shape index (κ1) is 52.5. The Morgan fingerprint density at radius 3 is 1.39 bits per heavy atom. The number of carbonyl (C=O) groups excluding carboxylic acids is 2. The summed E-state index contributed by atoms with van der Waals surface area (Å²) in [4.78, 5) is 35.3. The molecule has 0 saturated heterocycles. The van der Waals surface area contributed by atoms with Crippen LogP contribution in [-0.4, -0.2) is 74.9 Å². The molecule has 0 aliphatic heterocycles. The van der Waals surface area contributed by atoms with Crippen LogP contribution in [0, 0.1) is 0 Å². The largest absolute Gasteiger partial charge is 0.472 e. The first-order valence-electron chi connectivity index (χ1n) is 22.1. The monoisotopic (exact) mass is 787 g/mol. The van der Waals surface area contributed by atoms with Crippen molar-refractivity contribution in [1.29, 1.82) is 0 Å². The van der Waals surface area contributed by atoms with Crippen LogP contribution in [0.5, 0.6) is 0 Å². The number of ether oxygens (including phenoxy) is 2. The van der Waals surface area contributed by atoms with E-state index in [-0.39, 0.29) is 32.0 Å².